The fourth-order valence-electron chi connectivity index (χ4n) is 2.02. The molecule has 0 heterocycles. The zero-order valence-corrected chi connectivity index (χ0v) is 11.9. The number of hydrogen-bond acceptors (Lipinski definition) is 4. The van der Waals surface area contributed by atoms with E-state index in [0.29, 0.717) is 26.2 Å². The molecule has 1 amide bonds. The summed E-state index contributed by atoms with van der Waals surface area (Å²) in [6.07, 6.45) is 0.438. The highest BCUT2D eigenvalue weighted by Gasteiger charge is 2.48. The van der Waals surface area contributed by atoms with Gasteiger partial charge in [-0.3, -0.25) is 9.59 Å². The van der Waals surface area contributed by atoms with Gasteiger partial charge in [-0.05, 0) is 24.1 Å². The normalized spacial score (nSPS) is 19.9. The Morgan fingerprint density at radius 3 is 2.52 bits per heavy atom. The summed E-state index contributed by atoms with van der Waals surface area (Å²) in [5, 5.41) is 11.5. The molecule has 1 aliphatic carbocycles. The number of hydrogen-bond donors (Lipinski definition) is 2. The summed E-state index contributed by atoms with van der Waals surface area (Å²) in [6, 6.07) is 7.39. The summed E-state index contributed by atoms with van der Waals surface area (Å²) in [7, 11) is 1.61. The van der Waals surface area contributed by atoms with E-state index < -0.39 is 11.9 Å². The molecule has 1 fully saturated rings. The first-order valence-corrected chi connectivity index (χ1v) is 6.83. The van der Waals surface area contributed by atoms with Crippen molar-refractivity contribution in [1.29, 1.82) is 0 Å². The van der Waals surface area contributed by atoms with Gasteiger partial charge in [0.15, 0.2) is 0 Å². The minimum Gasteiger partial charge on any atom is -0.491 e. The molecule has 0 spiro atoms. The van der Waals surface area contributed by atoms with Gasteiger partial charge in [-0.1, -0.05) is 12.1 Å². The van der Waals surface area contributed by atoms with Crippen LogP contribution in [0.2, 0.25) is 0 Å². The number of amides is 1. The fraction of sp³-hybridized carbons (Fsp3) is 0.467. The van der Waals surface area contributed by atoms with Crippen molar-refractivity contribution < 1.29 is 24.2 Å². The number of carboxylic acids is 1. The van der Waals surface area contributed by atoms with Gasteiger partial charge in [-0.2, -0.15) is 0 Å². The molecule has 114 valence electrons. The predicted octanol–water partition coefficient (Wildman–Crippen LogP) is 1.05. The first-order chi connectivity index (χ1) is 10.1. The molecule has 2 unspecified atom stereocenters. The van der Waals surface area contributed by atoms with Gasteiger partial charge in [-0.15, -0.1) is 0 Å². The Kier molecular flexibility index (Phi) is 5.16. The lowest BCUT2D eigenvalue weighted by Crippen LogP contribution is -2.25. The van der Waals surface area contributed by atoms with Crippen LogP contribution < -0.4 is 10.1 Å². The van der Waals surface area contributed by atoms with Crippen LogP contribution in [0.1, 0.15) is 12.0 Å². The molecular formula is C15H19NO5. The van der Waals surface area contributed by atoms with Crippen LogP contribution in [0.5, 0.6) is 5.75 Å². The largest absolute Gasteiger partial charge is 0.491 e. The van der Waals surface area contributed by atoms with Crippen molar-refractivity contribution in [3.63, 3.8) is 0 Å². The first-order valence-electron chi connectivity index (χ1n) is 6.83. The van der Waals surface area contributed by atoms with Gasteiger partial charge in [0.25, 0.3) is 0 Å². The van der Waals surface area contributed by atoms with E-state index >= 15 is 0 Å². The van der Waals surface area contributed by atoms with Crippen LogP contribution in [-0.2, 0) is 20.9 Å². The molecule has 0 aliphatic heterocycles. The maximum absolute atomic E-state index is 11.7. The minimum atomic E-state index is -0.896. The first kappa shape index (κ1) is 15.3. The average molecular weight is 293 g/mol. The molecule has 0 radical (unpaired) electrons. The summed E-state index contributed by atoms with van der Waals surface area (Å²) in [5.41, 5.74) is 0.940. The van der Waals surface area contributed by atoms with E-state index in [1.165, 1.54) is 0 Å². The standard InChI is InChI=1S/C15H19NO5/c1-20-6-7-21-11-4-2-10(3-5-11)9-16-14(17)12-8-13(12)15(18)19/h2-5,12-13H,6-9H2,1H3,(H,16,17)(H,18,19). The van der Waals surface area contributed by atoms with Gasteiger partial charge in [0, 0.05) is 13.7 Å². The van der Waals surface area contributed by atoms with Crippen LogP contribution >= 0.6 is 0 Å². The Hall–Kier alpha value is -2.08. The van der Waals surface area contributed by atoms with Crippen LogP contribution in [0, 0.1) is 11.8 Å². The topological polar surface area (TPSA) is 84.9 Å². The molecule has 1 aromatic rings. The zero-order valence-electron chi connectivity index (χ0n) is 11.9. The third-order valence-electron chi connectivity index (χ3n) is 3.39. The second kappa shape index (κ2) is 7.08. The van der Waals surface area contributed by atoms with E-state index in [4.69, 9.17) is 14.6 Å². The quantitative estimate of drug-likeness (QED) is 0.700. The molecule has 2 atom stereocenters. The maximum Gasteiger partial charge on any atom is 0.307 e. The van der Waals surface area contributed by atoms with Crippen LogP contribution in [0.15, 0.2) is 24.3 Å². The van der Waals surface area contributed by atoms with E-state index in [0.717, 1.165) is 11.3 Å². The minimum absolute atomic E-state index is 0.192. The third-order valence-corrected chi connectivity index (χ3v) is 3.39. The van der Waals surface area contributed by atoms with Crippen LogP contribution in [-0.4, -0.2) is 37.3 Å². The highest BCUT2D eigenvalue weighted by molar-refractivity contribution is 5.89. The molecule has 1 saturated carbocycles. The predicted molar refractivity (Wildman–Crippen MR) is 74.9 cm³/mol. The van der Waals surface area contributed by atoms with Gasteiger partial charge in [-0.25, -0.2) is 0 Å². The van der Waals surface area contributed by atoms with Crippen LogP contribution in [0.3, 0.4) is 0 Å². The number of ether oxygens (including phenoxy) is 2. The summed E-state index contributed by atoms with van der Waals surface area (Å²) in [5.74, 6) is -1.23. The van der Waals surface area contributed by atoms with E-state index in [2.05, 4.69) is 5.32 Å². The Balaban J connectivity index is 1.73. The SMILES string of the molecule is COCCOc1ccc(CNC(=O)C2CC2C(=O)O)cc1. The van der Waals surface area contributed by atoms with Crippen molar-refractivity contribution in [2.24, 2.45) is 11.8 Å². The number of benzene rings is 1. The van der Waals surface area contributed by atoms with Crippen molar-refractivity contribution in [2.75, 3.05) is 20.3 Å². The number of carboxylic acid groups (broad SMARTS) is 1. The number of carbonyl (C=O) groups excluding carboxylic acids is 1. The lowest BCUT2D eigenvalue weighted by Gasteiger charge is -2.07. The van der Waals surface area contributed by atoms with E-state index in [9.17, 15) is 9.59 Å². The third kappa shape index (κ3) is 4.46. The summed E-state index contributed by atoms with van der Waals surface area (Å²) in [6.45, 7) is 1.41. The highest BCUT2D eigenvalue weighted by atomic mass is 16.5. The number of carbonyl (C=O) groups is 2. The molecule has 6 nitrogen and oxygen atoms in total. The number of rotatable bonds is 8. The molecule has 1 aromatic carbocycles. The van der Waals surface area contributed by atoms with Gasteiger partial charge < -0.3 is 19.9 Å². The Bertz CT molecular complexity index is 499. The van der Waals surface area contributed by atoms with Crippen molar-refractivity contribution in [3.8, 4) is 5.75 Å². The lowest BCUT2D eigenvalue weighted by atomic mass is 10.2. The molecule has 0 aromatic heterocycles. The van der Waals surface area contributed by atoms with E-state index in [1.54, 1.807) is 7.11 Å². The molecule has 1 aliphatic rings. The highest BCUT2D eigenvalue weighted by Crippen LogP contribution is 2.38. The summed E-state index contributed by atoms with van der Waals surface area (Å²) >= 11 is 0. The van der Waals surface area contributed by atoms with Crippen LogP contribution in [0.4, 0.5) is 0 Å². The maximum atomic E-state index is 11.7. The Morgan fingerprint density at radius 2 is 1.95 bits per heavy atom. The molecule has 21 heavy (non-hydrogen) atoms. The van der Waals surface area contributed by atoms with Crippen molar-refractivity contribution in [3.05, 3.63) is 29.8 Å². The molecule has 0 saturated heterocycles. The molecular weight excluding hydrogens is 274 g/mol. The van der Waals surface area contributed by atoms with Gasteiger partial charge in [0.05, 0.1) is 18.4 Å². The average Bonchev–Trinajstić information content (AvgIpc) is 3.27. The van der Waals surface area contributed by atoms with Gasteiger partial charge in [0.2, 0.25) is 5.91 Å². The van der Waals surface area contributed by atoms with Gasteiger partial charge >= 0.3 is 5.97 Å². The summed E-state index contributed by atoms with van der Waals surface area (Å²) < 4.78 is 10.3. The fourth-order valence-corrected chi connectivity index (χ4v) is 2.02. The van der Waals surface area contributed by atoms with Crippen molar-refractivity contribution >= 4 is 11.9 Å². The molecule has 2 N–H and O–H groups in total. The zero-order chi connectivity index (χ0) is 15.2. The van der Waals surface area contributed by atoms with E-state index in [-0.39, 0.29) is 11.8 Å². The van der Waals surface area contributed by atoms with Crippen LogP contribution in [0.25, 0.3) is 0 Å². The molecule has 6 heteroatoms. The lowest BCUT2D eigenvalue weighted by molar-refractivity contribution is -0.140. The second-order valence-corrected chi connectivity index (χ2v) is 4.99. The Labute approximate surface area is 123 Å². The van der Waals surface area contributed by atoms with Crippen molar-refractivity contribution in [1.82, 2.24) is 5.32 Å². The number of nitrogens with one attached hydrogen (secondary N) is 1. The van der Waals surface area contributed by atoms with Crippen molar-refractivity contribution in [2.45, 2.75) is 13.0 Å². The number of methoxy groups -OCH3 is 1. The smallest absolute Gasteiger partial charge is 0.307 e. The monoisotopic (exact) mass is 293 g/mol. The summed E-state index contributed by atoms with van der Waals surface area (Å²) in [4.78, 5) is 22.4. The second-order valence-electron chi connectivity index (χ2n) is 4.99. The molecule has 2 rings (SSSR count). The van der Waals surface area contributed by atoms with E-state index in [1.807, 2.05) is 24.3 Å². The number of aliphatic carboxylic acids is 1. The van der Waals surface area contributed by atoms with Gasteiger partial charge in [0.1, 0.15) is 12.4 Å². The Morgan fingerprint density at radius 1 is 1.24 bits per heavy atom. The molecule has 0 bridgehead atoms.